The summed E-state index contributed by atoms with van der Waals surface area (Å²) in [5.74, 6) is 0.170. The lowest BCUT2D eigenvalue weighted by molar-refractivity contribution is -0.142. The average molecular weight is 222 g/mol. The third-order valence-corrected chi connectivity index (χ3v) is 2.12. The molecule has 0 amide bonds. The summed E-state index contributed by atoms with van der Waals surface area (Å²) >= 11 is 0. The Morgan fingerprint density at radius 2 is 1.94 bits per heavy atom. The van der Waals surface area contributed by atoms with Gasteiger partial charge in [0.25, 0.3) is 0 Å². The summed E-state index contributed by atoms with van der Waals surface area (Å²) in [5, 5.41) is 0. The summed E-state index contributed by atoms with van der Waals surface area (Å²) in [6, 6.07) is 5.04. The van der Waals surface area contributed by atoms with Crippen LogP contribution in [0.3, 0.4) is 0 Å². The molecule has 16 heavy (non-hydrogen) atoms. The Kier molecular flexibility index (Phi) is 4.05. The van der Waals surface area contributed by atoms with Gasteiger partial charge in [-0.15, -0.1) is 0 Å². The summed E-state index contributed by atoms with van der Waals surface area (Å²) in [4.78, 5) is 21.8. The Balaban J connectivity index is 2.93. The molecule has 0 aliphatic carbocycles. The van der Waals surface area contributed by atoms with Crippen LogP contribution in [0.25, 0.3) is 0 Å². The highest BCUT2D eigenvalue weighted by atomic mass is 16.5. The van der Waals surface area contributed by atoms with Crippen molar-refractivity contribution in [2.75, 3.05) is 7.11 Å². The first-order valence-electron chi connectivity index (χ1n) is 4.86. The lowest BCUT2D eigenvalue weighted by Gasteiger charge is -2.09. The second-order valence-electron chi connectivity index (χ2n) is 3.36. The SMILES string of the molecule is COc1cc(C(C)=O)ccc1COC(C)=O. The van der Waals surface area contributed by atoms with Crippen LogP contribution in [0.15, 0.2) is 18.2 Å². The Hall–Kier alpha value is -1.84. The zero-order valence-electron chi connectivity index (χ0n) is 9.57. The van der Waals surface area contributed by atoms with Gasteiger partial charge < -0.3 is 9.47 Å². The number of ether oxygens (including phenoxy) is 2. The minimum atomic E-state index is -0.349. The number of Topliss-reactive ketones (excluding diaryl/α,β-unsaturated/α-hetero) is 1. The van der Waals surface area contributed by atoms with Crippen molar-refractivity contribution < 1.29 is 19.1 Å². The number of benzene rings is 1. The standard InChI is InChI=1S/C12H14O4/c1-8(13)10-4-5-11(7-16-9(2)14)12(6-10)15-3/h4-6H,7H2,1-3H3. The van der Waals surface area contributed by atoms with Crippen molar-refractivity contribution >= 4 is 11.8 Å². The highest BCUT2D eigenvalue weighted by Gasteiger charge is 2.08. The zero-order valence-corrected chi connectivity index (χ0v) is 9.57. The molecule has 0 spiro atoms. The van der Waals surface area contributed by atoms with E-state index in [-0.39, 0.29) is 18.4 Å². The van der Waals surface area contributed by atoms with E-state index in [0.717, 1.165) is 5.56 Å². The molecule has 0 N–H and O–H groups in total. The number of rotatable bonds is 4. The number of hydrogen-bond donors (Lipinski definition) is 0. The molecule has 0 radical (unpaired) electrons. The lowest BCUT2D eigenvalue weighted by atomic mass is 10.1. The molecule has 0 bridgehead atoms. The molecule has 4 nitrogen and oxygen atoms in total. The van der Waals surface area contributed by atoms with Crippen LogP contribution in [-0.4, -0.2) is 18.9 Å². The van der Waals surface area contributed by atoms with Crippen LogP contribution in [-0.2, 0) is 16.1 Å². The number of carbonyl (C=O) groups excluding carboxylic acids is 2. The third-order valence-electron chi connectivity index (χ3n) is 2.12. The summed E-state index contributed by atoms with van der Waals surface area (Å²) in [5.41, 5.74) is 1.31. The molecule has 0 aliphatic heterocycles. The van der Waals surface area contributed by atoms with Crippen molar-refractivity contribution in [2.45, 2.75) is 20.5 Å². The van der Waals surface area contributed by atoms with Crippen molar-refractivity contribution in [1.29, 1.82) is 0 Å². The van der Waals surface area contributed by atoms with E-state index in [1.807, 2.05) is 0 Å². The Bertz CT molecular complexity index is 409. The first-order valence-corrected chi connectivity index (χ1v) is 4.86. The summed E-state index contributed by atoms with van der Waals surface area (Å²) in [6.07, 6.45) is 0. The van der Waals surface area contributed by atoms with Gasteiger partial charge >= 0.3 is 5.97 Å². The molecule has 0 aromatic heterocycles. The molecule has 0 atom stereocenters. The molecular formula is C12H14O4. The van der Waals surface area contributed by atoms with Crippen molar-refractivity contribution in [2.24, 2.45) is 0 Å². The number of ketones is 1. The first-order chi connectivity index (χ1) is 7.54. The van der Waals surface area contributed by atoms with Crippen molar-refractivity contribution in [3.63, 3.8) is 0 Å². The molecule has 0 aliphatic rings. The van der Waals surface area contributed by atoms with Gasteiger partial charge in [0.2, 0.25) is 0 Å². The molecule has 0 saturated heterocycles. The van der Waals surface area contributed by atoms with Gasteiger partial charge in [-0.3, -0.25) is 9.59 Å². The van der Waals surface area contributed by atoms with Gasteiger partial charge in [-0.05, 0) is 13.0 Å². The van der Waals surface area contributed by atoms with Crippen LogP contribution < -0.4 is 4.74 Å². The molecule has 1 aromatic carbocycles. The van der Waals surface area contributed by atoms with Gasteiger partial charge in [-0.25, -0.2) is 0 Å². The predicted molar refractivity (Wildman–Crippen MR) is 58.5 cm³/mol. The molecule has 0 unspecified atom stereocenters. The van der Waals surface area contributed by atoms with E-state index in [2.05, 4.69) is 0 Å². The maximum atomic E-state index is 11.2. The zero-order chi connectivity index (χ0) is 12.1. The van der Waals surface area contributed by atoms with E-state index >= 15 is 0 Å². The summed E-state index contributed by atoms with van der Waals surface area (Å²) in [7, 11) is 1.51. The van der Waals surface area contributed by atoms with Crippen LogP contribution in [0.4, 0.5) is 0 Å². The highest BCUT2D eigenvalue weighted by molar-refractivity contribution is 5.94. The molecule has 0 saturated carbocycles. The quantitative estimate of drug-likeness (QED) is 0.577. The Morgan fingerprint density at radius 1 is 1.25 bits per heavy atom. The van der Waals surface area contributed by atoms with E-state index in [4.69, 9.17) is 9.47 Å². The second kappa shape index (κ2) is 5.30. The van der Waals surface area contributed by atoms with Crippen LogP contribution in [0, 0.1) is 0 Å². The van der Waals surface area contributed by atoms with E-state index in [1.54, 1.807) is 18.2 Å². The van der Waals surface area contributed by atoms with Crippen LogP contribution in [0.1, 0.15) is 29.8 Å². The van der Waals surface area contributed by atoms with E-state index < -0.39 is 0 Å². The average Bonchev–Trinajstić information content (AvgIpc) is 2.25. The van der Waals surface area contributed by atoms with E-state index in [1.165, 1.54) is 21.0 Å². The van der Waals surface area contributed by atoms with Gasteiger partial charge in [0, 0.05) is 18.1 Å². The van der Waals surface area contributed by atoms with E-state index in [9.17, 15) is 9.59 Å². The van der Waals surface area contributed by atoms with Gasteiger partial charge in [0.05, 0.1) is 7.11 Å². The first kappa shape index (κ1) is 12.2. The normalized spacial score (nSPS) is 9.69. The Morgan fingerprint density at radius 3 is 2.44 bits per heavy atom. The number of methoxy groups -OCH3 is 1. The third kappa shape index (κ3) is 3.08. The molecule has 1 rings (SSSR count). The molecule has 0 heterocycles. The smallest absolute Gasteiger partial charge is 0.302 e. The Labute approximate surface area is 94.2 Å². The van der Waals surface area contributed by atoms with Gasteiger partial charge in [0.15, 0.2) is 5.78 Å². The van der Waals surface area contributed by atoms with Crippen molar-refractivity contribution in [3.8, 4) is 5.75 Å². The van der Waals surface area contributed by atoms with Crippen molar-refractivity contribution in [1.82, 2.24) is 0 Å². The fourth-order valence-electron chi connectivity index (χ4n) is 1.26. The maximum Gasteiger partial charge on any atom is 0.302 e. The van der Waals surface area contributed by atoms with Gasteiger partial charge in [-0.1, -0.05) is 12.1 Å². The van der Waals surface area contributed by atoms with Crippen LogP contribution >= 0.6 is 0 Å². The van der Waals surface area contributed by atoms with Crippen LogP contribution in [0.5, 0.6) is 5.75 Å². The van der Waals surface area contributed by atoms with Crippen molar-refractivity contribution in [3.05, 3.63) is 29.3 Å². The largest absolute Gasteiger partial charge is 0.496 e. The fraction of sp³-hybridized carbons (Fsp3) is 0.333. The maximum absolute atomic E-state index is 11.2. The van der Waals surface area contributed by atoms with Crippen LogP contribution in [0.2, 0.25) is 0 Å². The molecule has 1 aromatic rings. The lowest BCUT2D eigenvalue weighted by Crippen LogP contribution is -2.02. The monoisotopic (exact) mass is 222 g/mol. The minimum absolute atomic E-state index is 0.0302. The molecular weight excluding hydrogens is 208 g/mol. The van der Waals surface area contributed by atoms with Gasteiger partial charge in [-0.2, -0.15) is 0 Å². The number of hydrogen-bond acceptors (Lipinski definition) is 4. The number of esters is 1. The highest BCUT2D eigenvalue weighted by Crippen LogP contribution is 2.21. The van der Waals surface area contributed by atoms with E-state index in [0.29, 0.717) is 11.3 Å². The topological polar surface area (TPSA) is 52.6 Å². The summed E-state index contributed by atoms with van der Waals surface area (Å²) in [6.45, 7) is 2.98. The predicted octanol–water partition coefficient (Wildman–Crippen LogP) is 1.96. The number of carbonyl (C=O) groups is 2. The summed E-state index contributed by atoms with van der Waals surface area (Å²) < 4.78 is 9.99. The second-order valence-corrected chi connectivity index (χ2v) is 3.36. The molecule has 0 fully saturated rings. The fourth-order valence-corrected chi connectivity index (χ4v) is 1.26. The molecule has 86 valence electrons. The molecule has 4 heteroatoms. The van der Waals surface area contributed by atoms with Gasteiger partial charge in [0.1, 0.15) is 12.4 Å². The minimum Gasteiger partial charge on any atom is -0.496 e.